The van der Waals surface area contributed by atoms with Crippen molar-refractivity contribution in [2.45, 2.75) is 26.2 Å². The highest BCUT2D eigenvalue weighted by molar-refractivity contribution is 5.62. The number of fused-ring (bicyclic) bond motifs is 1. The standard InChI is InChI=1S/C13H15N5/c1-8-7-15-6-5-9(8)12-16-11-4-2-3-10(11)13(17-12)18-14/h5-7H,2-4,14H2,1H3,(H,16,17,18). The van der Waals surface area contributed by atoms with Crippen molar-refractivity contribution in [1.29, 1.82) is 0 Å². The molecule has 0 aromatic carbocycles. The fourth-order valence-electron chi connectivity index (χ4n) is 2.40. The maximum absolute atomic E-state index is 5.56. The smallest absolute Gasteiger partial charge is 0.162 e. The average Bonchev–Trinajstić information content (AvgIpc) is 2.86. The quantitative estimate of drug-likeness (QED) is 0.617. The zero-order valence-electron chi connectivity index (χ0n) is 10.3. The lowest BCUT2D eigenvalue weighted by molar-refractivity contribution is 0.900. The van der Waals surface area contributed by atoms with E-state index in [1.807, 2.05) is 19.2 Å². The van der Waals surface area contributed by atoms with E-state index in [0.29, 0.717) is 0 Å². The topological polar surface area (TPSA) is 76.7 Å². The third-order valence-corrected chi connectivity index (χ3v) is 3.33. The van der Waals surface area contributed by atoms with Crippen molar-refractivity contribution < 1.29 is 0 Å². The van der Waals surface area contributed by atoms with E-state index in [-0.39, 0.29) is 0 Å². The van der Waals surface area contributed by atoms with Crippen LogP contribution in [0, 0.1) is 6.92 Å². The van der Waals surface area contributed by atoms with Gasteiger partial charge in [0.2, 0.25) is 0 Å². The molecular formula is C13H15N5. The highest BCUT2D eigenvalue weighted by Crippen LogP contribution is 2.29. The Kier molecular flexibility index (Phi) is 2.68. The molecule has 0 saturated heterocycles. The molecule has 2 heterocycles. The van der Waals surface area contributed by atoms with Gasteiger partial charge in [0.25, 0.3) is 0 Å². The van der Waals surface area contributed by atoms with Gasteiger partial charge in [0.05, 0.1) is 0 Å². The van der Waals surface area contributed by atoms with Crippen LogP contribution < -0.4 is 11.3 Å². The summed E-state index contributed by atoms with van der Waals surface area (Å²) in [5.41, 5.74) is 7.04. The lowest BCUT2D eigenvalue weighted by Crippen LogP contribution is -2.13. The van der Waals surface area contributed by atoms with Crippen LogP contribution in [0.5, 0.6) is 0 Å². The molecule has 1 aliphatic carbocycles. The Bertz CT molecular complexity index is 594. The van der Waals surface area contributed by atoms with Gasteiger partial charge in [-0.15, -0.1) is 0 Å². The van der Waals surface area contributed by atoms with Gasteiger partial charge in [-0.3, -0.25) is 4.98 Å². The summed E-state index contributed by atoms with van der Waals surface area (Å²) in [7, 11) is 0. The Morgan fingerprint density at radius 1 is 1.28 bits per heavy atom. The van der Waals surface area contributed by atoms with Crippen LogP contribution >= 0.6 is 0 Å². The SMILES string of the molecule is Cc1cnccc1-c1nc2c(c(NN)n1)CCC2. The highest BCUT2D eigenvalue weighted by atomic mass is 15.3. The van der Waals surface area contributed by atoms with Crippen molar-refractivity contribution in [1.82, 2.24) is 15.0 Å². The third kappa shape index (κ3) is 1.73. The number of pyridine rings is 1. The normalized spacial score (nSPS) is 13.4. The zero-order chi connectivity index (χ0) is 12.5. The van der Waals surface area contributed by atoms with Crippen LogP contribution in [0.1, 0.15) is 23.2 Å². The number of rotatable bonds is 2. The molecular weight excluding hydrogens is 226 g/mol. The Morgan fingerprint density at radius 3 is 2.94 bits per heavy atom. The Balaban J connectivity index is 2.17. The number of aromatic nitrogens is 3. The van der Waals surface area contributed by atoms with Gasteiger partial charge in [-0.2, -0.15) is 0 Å². The molecule has 5 heteroatoms. The minimum Gasteiger partial charge on any atom is -0.308 e. The number of nitrogens with zero attached hydrogens (tertiary/aromatic N) is 3. The molecule has 0 unspecified atom stereocenters. The molecule has 5 nitrogen and oxygen atoms in total. The van der Waals surface area contributed by atoms with Gasteiger partial charge in [-0.25, -0.2) is 15.8 Å². The van der Waals surface area contributed by atoms with Crippen molar-refractivity contribution >= 4 is 5.82 Å². The van der Waals surface area contributed by atoms with E-state index < -0.39 is 0 Å². The summed E-state index contributed by atoms with van der Waals surface area (Å²) >= 11 is 0. The van der Waals surface area contributed by atoms with Crippen LogP contribution in [-0.4, -0.2) is 15.0 Å². The van der Waals surface area contributed by atoms with Crippen LogP contribution in [-0.2, 0) is 12.8 Å². The molecule has 2 aromatic rings. The van der Waals surface area contributed by atoms with Gasteiger partial charge >= 0.3 is 0 Å². The predicted octanol–water partition coefficient (Wildman–Crippen LogP) is 1.62. The van der Waals surface area contributed by atoms with Crippen LogP contribution in [0.3, 0.4) is 0 Å². The molecule has 0 fully saturated rings. The first-order valence-electron chi connectivity index (χ1n) is 6.07. The molecule has 0 radical (unpaired) electrons. The van der Waals surface area contributed by atoms with Crippen LogP contribution in [0.4, 0.5) is 5.82 Å². The number of aryl methyl sites for hydroxylation is 2. The number of anilines is 1. The van der Waals surface area contributed by atoms with E-state index >= 15 is 0 Å². The van der Waals surface area contributed by atoms with E-state index in [4.69, 9.17) is 5.84 Å². The van der Waals surface area contributed by atoms with Crippen molar-refractivity contribution in [3.05, 3.63) is 35.3 Å². The van der Waals surface area contributed by atoms with Gasteiger partial charge in [-0.1, -0.05) is 0 Å². The zero-order valence-corrected chi connectivity index (χ0v) is 10.3. The molecule has 2 aromatic heterocycles. The summed E-state index contributed by atoms with van der Waals surface area (Å²) in [4.78, 5) is 13.3. The van der Waals surface area contributed by atoms with Crippen molar-refractivity contribution in [3.8, 4) is 11.4 Å². The van der Waals surface area contributed by atoms with Gasteiger partial charge in [0.15, 0.2) is 5.82 Å². The van der Waals surface area contributed by atoms with Crippen LogP contribution in [0.2, 0.25) is 0 Å². The van der Waals surface area contributed by atoms with E-state index in [1.165, 1.54) is 0 Å². The van der Waals surface area contributed by atoms with Crippen molar-refractivity contribution in [2.75, 3.05) is 5.43 Å². The molecule has 0 atom stereocenters. The molecule has 0 aliphatic heterocycles. The molecule has 0 amide bonds. The second-order valence-corrected chi connectivity index (χ2v) is 4.51. The lowest BCUT2D eigenvalue weighted by Gasteiger charge is -2.10. The summed E-state index contributed by atoms with van der Waals surface area (Å²) in [6.45, 7) is 2.01. The minimum absolute atomic E-state index is 0.725. The van der Waals surface area contributed by atoms with Crippen LogP contribution in [0.25, 0.3) is 11.4 Å². The summed E-state index contributed by atoms with van der Waals surface area (Å²) < 4.78 is 0. The largest absolute Gasteiger partial charge is 0.308 e. The number of nitrogen functional groups attached to an aromatic ring is 1. The maximum Gasteiger partial charge on any atom is 0.162 e. The first-order valence-corrected chi connectivity index (χ1v) is 6.07. The molecule has 0 bridgehead atoms. The van der Waals surface area contributed by atoms with Gasteiger partial charge < -0.3 is 5.43 Å². The summed E-state index contributed by atoms with van der Waals surface area (Å²) in [5, 5.41) is 0. The number of nitrogens with two attached hydrogens (primary N) is 1. The van der Waals surface area contributed by atoms with Gasteiger partial charge in [-0.05, 0) is 37.8 Å². The molecule has 92 valence electrons. The predicted molar refractivity (Wildman–Crippen MR) is 69.8 cm³/mol. The molecule has 3 N–H and O–H groups in total. The van der Waals surface area contributed by atoms with Crippen molar-refractivity contribution in [3.63, 3.8) is 0 Å². The third-order valence-electron chi connectivity index (χ3n) is 3.33. The number of hydrogen-bond acceptors (Lipinski definition) is 5. The Labute approximate surface area is 105 Å². The molecule has 0 spiro atoms. The fourth-order valence-corrected chi connectivity index (χ4v) is 2.40. The minimum atomic E-state index is 0.725. The van der Waals surface area contributed by atoms with Crippen LogP contribution in [0.15, 0.2) is 18.5 Å². The molecule has 0 saturated carbocycles. The Morgan fingerprint density at radius 2 is 2.17 bits per heavy atom. The lowest BCUT2D eigenvalue weighted by atomic mass is 10.1. The monoisotopic (exact) mass is 241 g/mol. The number of hydrogen-bond donors (Lipinski definition) is 2. The summed E-state index contributed by atoms with van der Waals surface area (Å²) in [6.07, 6.45) is 6.71. The number of hydrazine groups is 1. The number of nitrogens with one attached hydrogen (secondary N) is 1. The van der Waals surface area contributed by atoms with E-state index in [2.05, 4.69) is 20.4 Å². The van der Waals surface area contributed by atoms with E-state index in [9.17, 15) is 0 Å². The molecule has 1 aliphatic rings. The first-order chi connectivity index (χ1) is 8.79. The van der Waals surface area contributed by atoms with E-state index in [1.54, 1.807) is 6.20 Å². The van der Waals surface area contributed by atoms with Crippen molar-refractivity contribution in [2.24, 2.45) is 5.84 Å². The molecule has 18 heavy (non-hydrogen) atoms. The second-order valence-electron chi connectivity index (χ2n) is 4.51. The summed E-state index contributed by atoms with van der Waals surface area (Å²) in [6, 6.07) is 1.94. The first kappa shape index (κ1) is 11.1. The van der Waals surface area contributed by atoms with Gasteiger partial charge in [0, 0.05) is 29.2 Å². The maximum atomic E-state index is 5.56. The second kappa shape index (κ2) is 4.34. The van der Waals surface area contributed by atoms with E-state index in [0.717, 1.165) is 53.3 Å². The average molecular weight is 241 g/mol. The Hall–Kier alpha value is -2.01. The molecule has 3 rings (SSSR count). The van der Waals surface area contributed by atoms with Gasteiger partial charge in [0.1, 0.15) is 5.82 Å². The summed E-state index contributed by atoms with van der Waals surface area (Å²) in [5.74, 6) is 7.03. The fraction of sp³-hybridized carbons (Fsp3) is 0.308. The highest BCUT2D eigenvalue weighted by Gasteiger charge is 2.19.